The average Bonchev–Trinajstić information content (AvgIpc) is 2.96. The first-order chi connectivity index (χ1) is 9.22. The number of pyridine rings is 1. The Labute approximate surface area is 108 Å². The highest BCUT2D eigenvalue weighted by molar-refractivity contribution is 5.61. The Morgan fingerprint density at radius 3 is 2.68 bits per heavy atom. The second-order valence-corrected chi connectivity index (χ2v) is 4.19. The molecule has 3 aromatic heterocycles. The predicted molar refractivity (Wildman–Crippen MR) is 68.0 cm³/mol. The largest absolute Gasteiger partial charge is 0.291 e. The minimum Gasteiger partial charge on any atom is -0.291 e. The Hall–Kier alpha value is -2.54. The summed E-state index contributed by atoms with van der Waals surface area (Å²) in [5.74, 6) is 0.650. The molecule has 0 fully saturated rings. The first-order valence-electron chi connectivity index (χ1n) is 5.75. The molecule has 0 atom stereocenters. The first kappa shape index (κ1) is 11.5. The molecule has 0 unspecified atom stereocenters. The van der Waals surface area contributed by atoms with E-state index in [1.165, 1.54) is 0 Å². The highest BCUT2D eigenvalue weighted by Gasteiger charge is 2.14. The van der Waals surface area contributed by atoms with Crippen LogP contribution in [0.2, 0.25) is 0 Å². The van der Waals surface area contributed by atoms with Crippen LogP contribution in [0.5, 0.6) is 0 Å². The zero-order chi connectivity index (χ0) is 13.4. The van der Waals surface area contributed by atoms with Gasteiger partial charge >= 0.3 is 0 Å². The minimum absolute atomic E-state index is 0.591. The second-order valence-electron chi connectivity index (χ2n) is 4.19. The lowest BCUT2D eigenvalue weighted by atomic mass is 10.2. The van der Waals surface area contributed by atoms with E-state index in [4.69, 9.17) is 5.21 Å². The van der Waals surface area contributed by atoms with Gasteiger partial charge in [0.2, 0.25) is 0 Å². The summed E-state index contributed by atoms with van der Waals surface area (Å²) in [6.07, 6.45) is 3.39. The van der Waals surface area contributed by atoms with Crippen LogP contribution in [-0.2, 0) is 0 Å². The van der Waals surface area contributed by atoms with Crippen molar-refractivity contribution in [2.24, 2.45) is 0 Å². The summed E-state index contributed by atoms with van der Waals surface area (Å²) in [7, 11) is 0. The van der Waals surface area contributed by atoms with Crippen LogP contribution in [-0.4, -0.2) is 30.0 Å². The molecular formula is C12H12N6O. The van der Waals surface area contributed by atoms with Crippen molar-refractivity contribution >= 4 is 11.3 Å². The van der Waals surface area contributed by atoms with Crippen molar-refractivity contribution < 1.29 is 5.21 Å². The zero-order valence-corrected chi connectivity index (χ0v) is 10.5. The maximum atomic E-state index is 9.03. The molecule has 0 amide bonds. The second kappa shape index (κ2) is 4.29. The molecule has 0 aliphatic carbocycles. The van der Waals surface area contributed by atoms with E-state index < -0.39 is 0 Å². The van der Waals surface area contributed by atoms with Crippen molar-refractivity contribution in [3.63, 3.8) is 0 Å². The molecule has 7 heteroatoms. The highest BCUT2D eigenvalue weighted by atomic mass is 16.5. The van der Waals surface area contributed by atoms with Gasteiger partial charge in [0.05, 0.1) is 10.9 Å². The number of aromatic nitrogens is 5. The van der Waals surface area contributed by atoms with Crippen molar-refractivity contribution in [2.75, 3.05) is 0 Å². The molecule has 0 bridgehead atoms. The van der Waals surface area contributed by atoms with Crippen LogP contribution in [0, 0.1) is 6.92 Å². The average molecular weight is 256 g/mol. The Kier molecular flexibility index (Phi) is 2.60. The van der Waals surface area contributed by atoms with Crippen LogP contribution >= 0.6 is 0 Å². The Balaban J connectivity index is 2.33. The summed E-state index contributed by atoms with van der Waals surface area (Å²) in [4.78, 5) is 3.97. The van der Waals surface area contributed by atoms with Crippen molar-refractivity contribution in [2.45, 2.75) is 13.8 Å². The molecule has 3 aromatic rings. The van der Waals surface area contributed by atoms with Crippen LogP contribution in [0.15, 0.2) is 24.5 Å². The van der Waals surface area contributed by atoms with Crippen LogP contribution < -0.4 is 10.7 Å². The third-order valence-electron chi connectivity index (χ3n) is 2.96. The summed E-state index contributed by atoms with van der Waals surface area (Å²) >= 11 is 0. The van der Waals surface area contributed by atoms with Crippen molar-refractivity contribution in [3.05, 3.63) is 35.4 Å². The quantitative estimate of drug-likeness (QED) is 0.642. The van der Waals surface area contributed by atoms with E-state index in [9.17, 15) is 0 Å². The van der Waals surface area contributed by atoms with Gasteiger partial charge in [-0.2, -0.15) is 9.61 Å². The van der Waals surface area contributed by atoms with Crippen molar-refractivity contribution in [1.82, 2.24) is 30.3 Å². The molecule has 0 saturated heterocycles. The standard InChI is InChI=1S/C12H12N6O/c1-7-10(8(2)17-19)12-15-14-11(18(12)16-7)9-3-5-13-6-4-9/h3-6,17,19H,1-2H3/b10-8-. The lowest BCUT2D eigenvalue weighted by Gasteiger charge is -1.94. The topological polar surface area (TPSA) is 88.2 Å². The van der Waals surface area contributed by atoms with E-state index in [-0.39, 0.29) is 0 Å². The van der Waals surface area contributed by atoms with E-state index >= 15 is 0 Å². The fourth-order valence-corrected chi connectivity index (χ4v) is 2.07. The molecule has 19 heavy (non-hydrogen) atoms. The van der Waals surface area contributed by atoms with Crippen molar-refractivity contribution in [1.29, 1.82) is 0 Å². The molecule has 2 N–H and O–H groups in total. The fourth-order valence-electron chi connectivity index (χ4n) is 2.07. The van der Waals surface area contributed by atoms with Crippen LogP contribution in [0.4, 0.5) is 0 Å². The maximum Gasteiger partial charge on any atom is 0.189 e. The molecule has 3 heterocycles. The van der Waals surface area contributed by atoms with E-state index in [0.29, 0.717) is 17.2 Å². The first-order valence-corrected chi connectivity index (χ1v) is 5.75. The molecule has 3 rings (SSSR count). The molecule has 0 aromatic carbocycles. The SMILES string of the molecule is C/C(NO)=c1\c(C)nn2c(-c3ccncc3)nnc12. The molecule has 96 valence electrons. The highest BCUT2D eigenvalue weighted by Crippen LogP contribution is 2.15. The number of hydrogen-bond donors (Lipinski definition) is 2. The molecular weight excluding hydrogens is 244 g/mol. The molecule has 0 aliphatic heterocycles. The third kappa shape index (κ3) is 1.71. The van der Waals surface area contributed by atoms with Gasteiger partial charge < -0.3 is 0 Å². The number of fused-ring (bicyclic) bond motifs is 1. The van der Waals surface area contributed by atoms with E-state index in [0.717, 1.165) is 16.5 Å². The van der Waals surface area contributed by atoms with E-state index in [1.807, 2.05) is 19.1 Å². The Morgan fingerprint density at radius 2 is 2.00 bits per heavy atom. The van der Waals surface area contributed by atoms with Gasteiger partial charge in [-0.05, 0) is 26.0 Å². The predicted octanol–water partition coefficient (Wildman–Crippen LogP) is 0.321. The van der Waals surface area contributed by atoms with Gasteiger partial charge in [-0.3, -0.25) is 15.7 Å². The van der Waals surface area contributed by atoms with E-state index in [2.05, 4.69) is 25.8 Å². The van der Waals surface area contributed by atoms with E-state index in [1.54, 1.807) is 23.8 Å². The van der Waals surface area contributed by atoms with Crippen LogP contribution in [0.25, 0.3) is 22.7 Å². The minimum atomic E-state index is 0.591. The van der Waals surface area contributed by atoms with Gasteiger partial charge in [0.15, 0.2) is 11.5 Å². The smallest absolute Gasteiger partial charge is 0.189 e. The fraction of sp³-hybridized carbons (Fsp3) is 0.167. The van der Waals surface area contributed by atoms with Gasteiger partial charge in [-0.1, -0.05) is 0 Å². The summed E-state index contributed by atoms with van der Waals surface area (Å²) < 4.78 is 1.67. The van der Waals surface area contributed by atoms with Gasteiger partial charge in [-0.25, -0.2) is 0 Å². The van der Waals surface area contributed by atoms with Gasteiger partial charge in [-0.15, -0.1) is 10.2 Å². The molecule has 0 saturated carbocycles. The van der Waals surface area contributed by atoms with Crippen LogP contribution in [0.3, 0.4) is 0 Å². The molecule has 0 radical (unpaired) electrons. The third-order valence-corrected chi connectivity index (χ3v) is 2.96. The maximum absolute atomic E-state index is 9.03. The van der Waals surface area contributed by atoms with Gasteiger partial charge in [0.25, 0.3) is 0 Å². The summed E-state index contributed by atoms with van der Waals surface area (Å²) in [5, 5.41) is 22.5. The monoisotopic (exact) mass is 256 g/mol. The number of nitrogens with one attached hydrogen (secondary N) is 1. The van der Waals surface area contributed by atoms with Gasteiger partial charge in [0.1, 0.15) is 0 Å². The normalized spacial score (nSPS) is 12.8. The Bertz CT molecular complexity index is 780. The number of hydrogen-bond acceptors (Lipinski definition) is 6. The lowest BCUT2D eigenvalue weighted by molar-refractivity contribution is 0.222. The number of rotatable bonds is 2. The molecule has 0 spiro atoms. The number of nitrogens with zero attached hydrogens (tertiary/aromatic N) is 5. The summed E-state index contributed by atoms with van der Waals surface area (Å²) in [6.45, 7) is 3.62. The number of hydroxylamine groups is 1. The van der Waals surface area contributed by atoms with Gasteiger partial charge in [0, 0.05) is 23.7 Å². The molecule has 0 aliphatic rings. The molecule has 7 nitrogen and oxygen atoms in total. The number of aryl methyl sites for hydroxylation is 1. The van der Waals surface area contributed by atoms with Crippen molar-refractivity contribution in [3.8, 4) is 11.4 Å². The lowest BCUT2D eigenvalue weighted by Crippen LogP contribution is -2.16. The zero-order valence-electron chi connectivity index (χ0n) is 10.5. The van der Waals surface area contributed by atoms with Crippen LogP contribution in [0.1, 0.15) is 12.6 Å². The summed E-state index contributed by atoms with van der Waals surface area (Å²) in [6, 6.07) is 3.70. The Morgan fingerprint density at radius 1 is 1.26 bits per heavy atom. The summed E-state index contributed by atoms with van der Waals surface area (Å²) in [5.41, 5.74) is 5.01.